The zero-order chi connectivity index (χ0) is 15.9. The highest BCUT2D eigenvalue weighted by Crippen LogP contribution is 2.29. The van der Waals surface area contributed by atoms with Crippen molar-refractivity contribution in [3.05, 3.63) is 53.6 Å². The highest BCUT2D eigenvalue weighted by molar-refractivity contribution is 5.92. The van der Waals surface area contributed by atoms with Gasteiger partial charge in [-0.3, -0.25) is 9.59 Å². The fraction of sp³-hybridized carbons (Fsp3) is 0.176. The average Bonchev–Trinajstić information content (AvgIpc) is 2.54. The molecule has 0 heterocycles. The van der Waals surface area contributed by atoms with Gasteiger partial charge in [0.1, 0.15) is 0 Å². The van der Waals surface area contributed by atoms with E-state index >= 15 is 0 Å². The normalized spacial score (nSPS) is 9.91. The predicted octanol–water partition coefficient (Wildman–Crippen LogP) is 2.83. The van der Waals surface area contributed by atoms with Gasteiger partial charge in [-0.1, -0.05) is 23.8 Å². The number of nitrogens with one attached hydrogen (secondary N) is 1. The van der Waals surface area contributed by atoms with E-state index in [9.17, 15) is 9.59 Å². The molecule has 2 rings (SSSR count). The number of hydrogen-bond acceptors (Lipinski definition) is 4. The second-order valence-electron chi connectivity index (χ2n) is 4.70. The molecule has 0 aliphatic heterocycles. The largest absolute Gasteiger partial charge is 0.493 e. The average molecular weight is 299 g/mol. The third-order valence-electron chi connectivity index (χ3n) is 3.04. The molecule has 0 spiro atoms. The number of rotatable bonds is 6. The fourth-order valence-electron chi connectivity index (χ4n) is 1.91. The molecule has 1 amide bonds. The van der Waals surface area contributed by atoms with E-state index in [2.05, 4.69) is 5.32 Å². The van der Waals surface area contributed by atoms with Crippen molar-refractivity contribution >= 4 is 17.9 Å². The van der Waals surface area contributed by atoms with Crippen LogP contribution in [0.2, 0.25) is 0 Å². The molecular weight excluding hydrogens is 282 g/mol. The van der Waals surface area contributed by atoms with Crippen LogP contribution in [0.4, 0.5) is 5.69 Å². The van der Waals surface area contributed by atoms with Gasteiger partial charge in [0.25, 0.3) is 5.91 Å². The molecule has 0 bridgehead atoms. The van der Waals surface area contributed by atoms with Gasteiger partial charge < -0.3 is 14.8 Å². The molecule has 5 nitrogen and oxygen atoms in total. The number of aldehydes is 1. The first-order valence-corrected chi connectivity index (χ1v) is 6.75. The number of benzene rings is 2. The Balaban J connectivity index is 2.02. The van der Waals surface area contributed by atoms with E-state index in [-0.39, 0.29) is 18.3 Å². The van der Waals surface area contributed by atoms with Gasteiger partial charge in [-0.2, -0.15) is 0 Å². The van der Waals surface area contributed by atoms with Crippen molar-refractivity contribution < 1.29 is 19.1 Å². The lowest BCUT2D eigenvalue weighted by molar-refractivity contribution is -0.118. The molecule has 0 saturated carbocycles. The lowest BCUT2D eigenvalue weighted by atomic mass is 10.2. The number of ether oxygens (including phenoxy) is 2. The van der Waals surface area contributed by atoms with Crippen LogP contribution in [0.25, 0.3) is 0 Å². The Hall–Kier alpha value is -2.82. The third-order valence-corrected chi connectivity index (χ3v) is 3.04. The molecule has 0 saturated heterocycles. The molecule has 0 aliphatic rings. The number of carbonyl (C=O) groups is 2. The van der Waals surface area contributed by atoms with Gasteiger partial charge in [-0.25, -0.2) is 0 Å². The number of amides is 1. The molecule has 22 heavy (non-hydrogen) atoms. The van der Waals surface area contributed by atoms with Gasteiger partial charge in [-0.05, 0) is 31.2 Å². The molecular formula is C17H17NO4. The minimum Gasteiger partial charge on any atom is -0.493 e. The highest BCUT2D eigenvalue weighted by atomic mass is 16.5. The van der Waals surface area contributed by atoms with Crippen LogP contribution in [0.15, 0.2) is 42.5 Å². The van der Waals surface area contributed by atoms with Crippen LogP contribution in [0, 0.1) is 6.92 Å². The minimum atomic E-state index is -0.313. The Morgan fingerprint density at radius 1 is 1.18 bits per heavy atom. The van der Waals surface area contributed by atoms with E-state index in [1.807, 2.05) is 31.2 Å². The van der Waals surface area contributed by atoms with E-state index in [0.29, 0.717) is 23.3 Å². The molecule has 2 aromatic rings. The Kier molecular flexibility index (Phi) is 5.14. The van der Waals surface area contributed by atoms with Gasteiger partial charge in [-0.15, -0.1) is 0 Å². The molecule has 5 heteroatoms. The summed E-state index contributed by atoms with van der Waals surface area (Å²) in [6.07, 6.45) is 0.662. The summed E-state index contributed by atoms with van der Waals surface area (Å²) in [5.74, 6) is 0.360. The monoisotopic (exact) mass is 299 g/mol. The van der Waals surface area contributed by atoms with Crippen LogP contribution in [-0.4, -0.2) is 25.9 Å². The molecule has 0 radical (unpaired) electrons. The lowest BCUT2D eigenvalue weighted by Gasteiger charge is -2.12. The standard InChI is InChI=1S/C17H17NO4/c1-12-6-8-14(9-7-12)18-16(20)11-22-17-13(10-19)4-3-5-15(17)21-2/h3-10H,11H2,1-2H3,(H,18,20). The van der Waals surface area contributed by atoms with E-state index in [1.165, 1.54) is 7.11 Å². The maximum Gasteiger partial charge on any atom is 0.262 e. The summed E-state index contributed by atoms with van der Waals surface area (Å²) in [6, 6.07) is 12.4. The number of methoxy groups -OCH3 is 1. The van der Waals surface area contributed by atoms with Crippen LogP contribution < -0.4 is 14.8 Å². The summed E-state index contributed by atoms with van der Waals surface area (Å²) in [5, 5.41) is 2.72. The van der Waals surface area contributed by atoms with Crippen molar-refractivity contribution in [1.82, 2.24) is 0 Å². The second-order valence-corrected chi connectivity index (χ2v) is 4.70. The van der Waals surface area contributed by atoms with Crippen LogP contribution in [0.1, 0.15) is 15.9 Å². The van der Waals surface area contributed by atoms with E-state index in [1.54, 1.807) is 18.2 Å². The number of hydrogen-bond donors (Lipinski definition) is 1. The number of para-hydroxylation sites is 1. The summed E-state index contributed by atoms with van der Waals surface area (Å²) in [5.41, 5.74) is 2.14. The Morgan fingerprint density at radius 2 is 1.91 bits per heavy atom. The minimum absolute atomic E-state index is 0.213. The zero-order valence-corrected chi connectivity index (χ0v) is 12.5. The molecule has 0 unspecified atom stereocenters. The maximum absolute atomic E-state index is 11.9. The Labute approximate surface area is 128 Å². The highest BCUT2D eigenvalue weighted by Gasteiger charge is 2.12. The smallest absolute Gasteiger partial charge is 0.262 e. The van der Waals surface area contributed by atoms with Crippen molar-refractivity contribution in [1.29, 1.82) is 0 Å². The second kappa shape index (κ2) is 7.26. The van der Waals surface area contributed by atoms with Gasteiger partial charge in [0, 0.05) is 5.69 Å². The summed E-state index contributed by atoms with van der Waals surface area (Å²) in [7, 11) is 1.48. The van der Waals surface area contributed by atoms with Crippen molar-refractivity contribution in [2.24, 2.45) is 0 Å². The first kappa shape index (κ1) is 15.6. The first-order valence-electron chi connectivity index (χ1n) is 6.75. The summed E-state index contributed by atoms with van der Waals surface area (Å²) in [4.78, 5) is 22.9. The van der Waals surface area contributed by atoms with Gasteiger partial charge in [0.05, 0.1) is 12.7 Å². The molecule has 2 aromatic carbocycles. The summed E-state index contributed by atoms with van der Waals surface area (Å²) < 4.78 is 10.6. The zero-order valence-electron chi connectivity index (χ0n) is 12.5. The van der Waals surface area contributed by atoms with Gasteiger partial charge in [0.15, 0.2) is 24.4 Å². The third kappa shape index (κ3) is 3.85. The first-order chi connectivity index (χ1) is 10.6. The van der Waals surface area contributed by atoms with Crippen molar-refractivity contribution in [2.45, 2.75) is 6.92 Å². The number of aryl methyl sites for hydroxylation is 1. The summed E-state index contributed by atoms with van der Waals surface area (Å²) in [6.45, 7) is 1.76. The van der Waals surface area contributed by atoms with E-state index < -0.39 is 0 Å². The SMILES string of the molecule is COc1cccc(C=O)c1OCC(=O)Nc1ccc(C)cc1. The Morgan fingerprint density at radius 3 is 2.55 bits per heavy atom. The quantitative estimate of drug-likeness (QED) is 0.833. The molecule has 0 atom stereocenters. The van der Waals surface area contributed by atoms with Crippen LogP contribution >= 0.6 is 0 Å². The Bertz CT molecular complexity index is 665. The summed E-state index contributed by atoms with van der Waals surface area (Å²) >= 11 is 0. The number of carbonyl (C=O) groups excluding carboxylic acids is 2. The van der Waals surface area contributed by atoms with Crippen molar-refractivity contribution in [2.75, 3.05) is 19.0 Å². The van der Waals surface area contributed by atoms with Gasteiger partial charge in [0.2, 0.25) is 0 Å². The molecule has 0 fully saturated rings. The van der Waals surface area contributed by atoms with Gasteiger partial charge >= 0.3 is 0 Å². The predicted molar refractivity (Wildman–Crippen MR) is 83.7 cm³/mol. The van der Waals surface area contributed by atoms with Crippen molar-refractivity contribution in [3.8, 4) is 11.5 Å². The number of anilines is 1. The topological polar surface area (TPSA) is 64.6 Å². The maximum atomic E-state index is 11.9. The molecule has 0 aromatic heterocycles. The van der Waals surface area contributed by atoms with Crippen LogP contribution in [0.5, 0.6) is 11.5 Å². The molecule has 114 valence electrons. The fourth-order valence-corrected chi connectivity index (χ4v) is 1.91. The van der Waals surface area contributed by atoms with E-state index in [4.69, 9.17) is 9.47 Å². The molecule has 0 aliphatic carbocycles. The lowest BCUT2D eigenvalue weighted by Crippen LogP contribution is -2.20. The van der Waals surface area contributed by atoms with Crippen LogP contribution in [-0.2, 0) is 4.79 Å². The van der Waals surface area contributed by atoms with E-state index in [0.717, 1.165) is 5.56 Å². The van der Waals surface area contributed by atoms with Crippen LogP contribution in [0.3, 0.4) is 0 Å². The molecule has 1 N–H and O–H groups in total. The van der Waals surface area contributed by atoms with Crippen molar-refractivity contribution in [3.63, 3.8) is 0 Å².